The van der Waals surface area contributed by atoms with Gasteiger partial charge in [-0.15, -0.1) is 0 Å². The number of halogens is 3. The molecule has 1 aliphatic heterocycles. The van der Waals surface area contributed by atoms with E-state index in [1.165, 1.54) is 19.2 Å². The lowest BCUT2D eigenvalue weighted by atomic mass is 10.0. The average molecular weight is 477 g/mol. The van der Waals surface area contributed by atoms with Crippen LogP contribution in [0.15, 0.2) is 30.3 Å². The van der Waals surface area contributed by atoms with Crippen LogP contribution in [0.1, 0.15) is 29.8 Å². The van der Waals surface area contributed by atoms with Crippen LogP contribution in [0.5, 0.6) is 11.5 Å². The highest BCUT2D eigenvalue weighted by molar-refractivity contribution is 5.91. The first kappa shape index (κ1) is 24.0. The zero-order valence-corrected chi connectivity index (χ0v) is 18.9. The second kappa shape index (κ2) is 10.0. The molecule has 2 aromatic carbocycles. The minimum atomic E-state index is -3.68. The van der Waals surface area contributed by atoms with Crippen LogP contribution in [0.4, 0.5) is 19.0 Å². The number of aromatic nitrogens is 2. The monoisotopic (exact) mass is 477 g/mol. The Morgan fingerprint density at radius 1 is 1.24 bits per heavy atom. The van der Waals surface area contributed by atoms with Crippen LogP contribution < -0.4 is 14.8 Å². The largest absolute Gasteiger partial charge is 0.493 e. The molecule has 0 spiro atoms. The van der Waals surface area contributed by atoms with Gasteiger partial charge in [-0.1, -0.05) is 12.1 Å². The van der Waals surface area contributed by atoms with E-state index in [4.69, 9.17) is 19.3 Å². The molecule has 1 fully saturated rings. The summed E-state index contributed by atoms with van der Waals surface area (Å²) in [7, 11) is 1.53. The number of anilines is 1. The molecule has 0 saturated carbocycles. The Hall–Kier alpha value is -3.11. The Morgan fingerprint density at radius 3 is 2.76 bits per heavy atom. The third-order valence-corrected chi connectivity index (χ3v) is 5.66. The first-order valence-electron chi connectivity index (χ1n) is 10.9. The van der Waals surface area contributed by atoms with Crippen molar-refractivity contribution in [2.75, 3.05) is 32.2 Å². The van der Waals surface area contributed by atoms with Crippen LogP contribution in [0.2, 0.25) is 0 Å². The Balaban J connectivity index is 1.63. The second-order valence-corrected chi connectivity index (χ2v) is 8.08. The SMILES string of the molecule is COc1cc2nc(C)nc(NCc3cccc(C(F)(F)CO)c3F)c2cc1OC[C@H]1CCCO1. The fourth-order valence-corrected chi connectivity index (χ4v) is 3.88. The maximum absolute atomic E-state index is 14.7. The van der Waals surface area contributed by atoms with Gasteiger partial charge in [0.1, 0.15) is 30.7 Å². The minimum Gasteiger partial charge on any atom is -0.493 e. The number of rotatable bonds is 9. The van der Waals surface area contributed by atoms with Crippen LogP contribution in [0, 0.1) is 12.7 Å². The molecule has 2 N–H and O–H groups in total. The number of benzene rings is 2. The van der Waals surface area contributed by atoms with Gasteiger partial charge in [-0.05, 0) is 31.9 Å². The molecule has 0 amide bonds. The molecule has 4 rings (SSSR count). The van der Waals surface area contributed by atoms with E-state index in [1.807, 2.05) is 0 Å². The Labute approximate surface area is 194 Å². The zero-order valence-electron chi connectivity index (χ0n) is 18.9. The van der Waals surface area contributed by atoms with Gasteiger partial charge in [0.15, 0.2) is 11.5 Å². The molecular weight excluding hydrogens is 451 g/mol. The van der Waals surface area contributed by atoms with Gasteiger partial charge in [0.05, 0.1) is 24.3 Å². The Bertz CT molecular complexity index is 1170. The summed E-state index contributed by atoms with van der Waals surface area (Å²) in [4.78, 5) is 8.85. The minimum absolute atomic E-state index is 0.0124. The highest BCUT2D eigenvalue weighted by Gasteiger charge is 2.34. The summed E-state index contributed by atoms with van der Waals surface area (Å²) in [5, 5.41) is 12.5. The van der Waals surface area contributed by atoms with Crippen LogP contribution in [0.25, 0.3) is 10.9 Å². The van der Waals surface area contributed by atoms with Crippen molar-refractivity contribution in [3.63, 3.8) is 0 Å². The molecule has 0 unspecified atom stereocenters. The van der Waals surface area contributed by atoms with Gasteiger partial charge in [0.25, 0.3) is 5.92 Å². The van der Waals surface area contributed by atoms with E-state index in [-0.39, 0.29) is 18.2 Å². The smallest absolute Gasteiger partial charge is 0.298 e. The zero-order chi connectivity index (χ0) is 24.3. The van der Waals surface area contributed by atoms with E-state index in [0.29, 0.717) is 47.3 Å². The third-order valence-electron chi connectivity index (χ3n) is 5.66. The van der Waals surface area contributed by atoms with Crippen molar-refractivity contribution in [2.24, 2.45) is 0 Å². The summed E-state index contributed by atoms with van der Waals surface area (Å²) < 4.78 is 59.5. The van der Waals surface area contributed by atoms with Crippen molar-refractivity contribution in [1.29, 1.82) is 0 Å². The van der Waals surface area contributed by atoms with Gasteiger partial charge in [-0.25, -0.2) is 14.4 Å². The summed E-state index contributed by atoms with van der Waals surface area (Å²) in [6.07, 6.45) is 1.93. The summed E-state index contributed by atoms with van der Waals surface area (Å²) in [6, 6.07) is 7.14. The molecule has 10 heteroatoms. The number of nitrogens with one attached hydrogen (secondary N) is 1. The van der Waals surface area contributed by atoms with Crippen molar-refractivity contribution in [3.8, 4) is 11.5 Å². The molecule has 3 aromatic rings. The number of aliphatic hydroxyl groups is 1. The third kappa shape index (κ3) is 5.02. The van der Waals surface area contributed by atoms with Gasteiger partial charge in [-0.3, -0.25) is 0 Å². The molecule has 1 saturated heterocycles. The van der Waals surface area contributed by atoms with Crippen LogP contribution >= 0.6 is 0 Å². The highest BCUT2D eigenvalue weighted by Crippen LogP contribution is 2.35. The second-order valence-electron chi connectivity index (χ2n) is 8.08. The fraction of sp³-hybridized carbons (Fsp3) is 0.417. The number of aryl methyl sites for hydroxylation is 1. The number of ether oxygens (including phenoxy) is 3. The lowest BCUT2D eigenvalue weighted by molar-refractivity contribution is -0.0583. The standard InChI is InChI=1S/C24H26F3N3O4/c1-14-29-19-10-20(32-2)21(34-12-16-6-4-8-33-16)9-17(19)23(30-14)28-11-15-5-3-7-18(22(15)25)24(26,27)13-31/h3,5,7,9-10,16,31H,4,6,8,11-13H2,1-2H3,(H,28,29,30)/t16-/m1/s1. The lowest BCUT2D eigenvalue weighted by Crippen LogP contribution is -2.21. The van der Waals surface area contributed by atoms with Gasteiger partial charge >= 0.3 is 0 Å². The maximum Gasteiger partial charge on any atom is 0.298 e. The molecule has 0 bridgehead atoms. The molecule has 34 heavy (non-hydrogen) atoms. The molecular formula is C24H26F3N3O4. The van der Waals surface area contributed by atoms with Gasteiger partial charge in [0, 0.05) is 30.2 Å². The molecule has 2 heterocycles. The molecule has 1 aromatic heterocycles. The number of aliphatic hydroxyl groups excluding tert-OH is 1. The van der Waals surface area contributed by atoms with Crippen molar-refractivity contribution < 1.29 is 32.5 Å². The molecule has 182 valence electrons. The van der Waals surface area contributed by atoms with Crippen molar-refractivity contribution in [3.05, 3.63) is 53.1 Å². The van der Waals surface area contributed by atoms with E-state index < -0.39 is 23.9 Å². The van der Waals surface area contributed by atoms with Gasteiger partial charge in [0.2, 0.25) is 0 Å². The highest BCUT2D eigenvalue weighted by atomic mass is 19.3. The normalized spacial score (nSPS) is 16.1. The topological polar surface area (TPSA) is 85.7 Å². The maximum atomic E-state index is 14.7. The van der Waals surface area contributed by atoms with Crippen molar-refractivity contribution in [2.45, 2.75) is 38.3 Å². The molecule has 1 aliphatic rings. The molecule has 0 aliphatic carbocycles. The Morgan fingerprint density at radius 2 is 2.06 bits per heavy atom. The molecule has 0 radical (unpaired) electrons. The predicted molar refractivity (Wildman–Crippen MR) is 120 cm³/mol. The number of nitrogens with zero attached hydrogens (tertiary/aromatic N) is 2. The predicted octanol–water partition coefficient (Wildman–Crippen LogP) is 4.34. The van der Waals surface area contributed by atoms with E-state index in [1.54, 1.807) is 19.1 Å². The summed E-state index contributed by atoms with van der Waals surface area (Å²) in [5.41, 5.74) is -0.261. The van der Waals surface area contributed by atoms with Crippen LogP contribution in [0.3, 0.4) is 0 Å². The lowest BCUT2D eigenvalue weighted by Gasteiger charge is -2.18. The van der Waals surface area contributed by atoms with E-state index >= 15 is 0 Å². The fourth-order valence-electron chi connectivity index (χ4n) is 3.88. The van der Waals surface area contributed by atoms with Crippen LogP contribution in [-0.2, 0) is 17.2 Å². The Kier molecular flexibility index (Phi) is 7.08. The van der Waals surface area contributed by atoms with Crippen molar-refractivity contribution in [1.82, 2.24) is 9.97 Å². The summed E-state index contributed by atoms with van der Waals surface area (Å²) in [5.74, 6) is -2.91. The van der Waals surface area contributed by atoms with E-state index in [0.717, 1.165) is 18.9 Å². The van der Waals surface area contributed by atoms with Crippen LogP contribution in [-0.4, -0.2) is 48.1 Å². The number of fused-ring (bicyclic) bond motifs is 1. The average Bonchev–Trinajstić information content (AvgIpc) is 3.35. The number of methoxy groups -OCH3 is 1. The first-order valence-corrected chi connectivity index (χ1v) is 10.9. The number of hydrogen-bond acceptors (Lipinski definition) is 7. The summed E-state index contributed by atoms with van der Waals surface area (Å²) in [6.45, 7) is 1.21. The number of hydrogen-bond donors (Lipinski definition) is 2. The van der Waals surface area contributed by atoms with Crippen molar-refractivity contribution >= 4 is 16.7 Å². The molecule has 7 nitrogen and oxygen atoms in total. The van der Waals surface area contributed by atoms with E-state index in [9.17, 15) is 13.2 Å². The molecule has 1 atom stereocenters. The van der Waals surface area contributed by atoms with Gasteiger partial charge in [-0.2, -0.15) is 8.78 Å². The quantitative estimate of drug-likeness (QED) is 0.474. The van der Waals surface area contributed by atoms with Gasteiger partial charge < -0.3 is 24.6 Å². The van der Waals surface area contributed by atoms with E-state index in [2.05, 4.69) is 15.3 Å². The number of alkyl halides is 2. The first-order chi connectivity index (χ1) is 16.3. The summed E-state index contributed by atoms with van der Waals surface area (Å²) >= 11 is 0.